The number of aromatic nitrogens is 2. The Morgan fingerprint density at radius 1 is 1.50 bits per heavy atom. The van der Waals surface area contributed by atoms with Gasteiger partial charge in [-0.05, 0) is 6.42 Å². The van der Waals surface area contributed by atoms with Crippen LogP contribution in [0, 0.1) is 0 Å². The molecule has 1 aromatic heterocycles. The van der Waals surface area contributed by atoms with E-state index in [0.29, 0.717) is 18.7 Å². The van der Waals surface area contributed by atoms with E-state index in [1.807, 2.05) is 6.92 Å². The van der Waals surface area contributed by atoms with Gasteiger partial charge >= 0.3 is 5.69 Å². The van der Waals surface area contributed by atoms with Gasteiger partial charge in [-0.2, -0.15) is 0 Å². The number of H-pyrrole nitrogens is 1. The fourth-order valence-electron chi connectivity index (χ4n) is 2.41. The Labute approximate surface area is 146 Å². The molecule has 0 saturated carbocycles. The molecular weight excluding hydrogens is 354 g/mol. The summed E-state index contributed by atoms with van der Waals surface area (Å²) in [6.45, 7) is 3.88. The monoisotopic (exact) mass is 375 g/mol. The minimum atomic E-state index is -0.725. The van der Waals surface area contributed by atoms with Crippen molar-refractivity contribution in [3.05, 3.63) is 33.1 Å². The molecule has 4 unspecified atom stereocenters. The highest BCUT2D eigenvalue weighted by atomic mass is 33.1. The van der Waals surface area contributed by atoms with Crippen LogP contribution in [0.5, 0.6) is 0 Å². The Morgan fingerprint density at radius 3 is 2.88 bits per heavy atom. The number of aromatic amines is 1. The minimum Gasteiger partial charge on any atom is -0.389 e. The summed E-state index contributed by atoms with van der Waals surface area (Å²) in [6.07, 6.45) is 0.238. The Balaban J connectivity index is 2.07. The number of hydrogen-bond donors (Lipinski definition) is 3. The largest absolute Gasteiger partial charge is 0.389 e. The molecule has 0 radical (unpaired) electrons. The Kier molecular flexibility index (Phi) is 6.96. The summed E-state index contributed by atoms with van der Waals surface area (Å²) in [5.74, 6) is 0.575. The normalized spacial score (nSPS) is 26.5. The van der Waals surface area contributed by atoms with Gasteiger partial charge < -0.3 is 15.2 Å². The molecule has 2 heterocycles. The number of amides is 1. The molecule has 134 valence electrons. The van der Waals surface area contributed by atoms with Crippen molar-refractivity contribution in [1.29, 1.82) is 0 Å². The highest BCUT2D eigenvalue weighted by molar-refractivity contribution is 8.77. The Morgan fingerprint density at radius 2 is 2.25 bits per heavy atom. The lowest BCUT2D eigenvalue weighted by atomic mass is 10.1. The van der Waals surface area contributed by atoms with E-state index in [9.17, 15) is 19.5 Å². The SMILES string of the molecule is CCC1OC(n2ccc(=O)[nH]c2=O)C(SSCCNC(C)=O)C1O. The van der Waals surface area contributed by atoms with E-state index in [0.717, 1.165) is 0 Å². The van der Waals surface area contributed by atoms with Crippen molar-refractivity contribution in [3.8, 4) is 0 Å². The van der Waals surface area contributed by atoms with E-state index in [2.05, 4.69) is 10.3 Å². The van der Waals surface area contributed by atoms with Crippen molar-refractivity contribution in [3.63, 3.8) is 0 Å². The van der Waals surface area contributed by atoms with E-state index >= 15 is 0 Å². The minimum absolute atomic E-state index is 0.0893. The van der Waals surface area contributed by atoms with Crippen LogP contribution in [0.2, 0.25) is 0 Å². The van der Waals surface area contributed by atoms with Crippen molar-refractivity contribution in [2.45, 2.75) is 44.0 Å². The van der Waals surface area contributed by atoms with E-state index in [-0.39, 0.29) is 17.3 Å². The summed E-state index contributed by atoms with van der Waals surface area (Å²) in [6, 6.07) is 1.25. The number of ether oxygens (including phenoxy) is 1. The van der Waals surface area contributed by atoms with Gasteiger partial charge in [-0.1, -0.05) is 28.5 Å². The van der Waals surface area contributed by atoms with Crippen molar-refractivity contribution in [2.24, 2.45) is 0 Å². The molecule has 10 heteroatoms. The molecule has 1 aliphatic heterocycles. The topological polar surface area (TPSA) is 113 Å². The first-order valence-corrected chi connectivity index (χ1v) is 10.00. The van der Waals surface area contributed by atoms with Gasteiger partial charge in [-0.3, -0.25) is 19.1 Å². The van der Waals surface area contributed by atoms with Gasteiger partial charge in [0.2, 0.25) is 5.91 Å². The van der Waals surface area contributed by atoms with Gasteiger partial charge in [0.05, 0.1) is 17.5 Å². The molecule has 0 spiro atoms. The van der Waals surface area contributed by atoms with Gasteiger partial charge in [0, 0.05) is 31.5 Å². The molecule has 0 bridgehead atoms. The second-order valence-electron chi connectivity index (χ2n) is 5.35. The summed E-state index contributed by atoms with van der Waals surface area (Å²) in [4.78, 5) is 36.3. The second kappa shape index (κ2) is 8.75. The van der Waals surface area contributed by atoms with Crippen molar-refractivity contribution in [1.82, 2.24) is 14.9 Å². The number of nitrogens with zero attached hydrogens (tertiary/aromatic N) is 1. The first kappa shape index (κ1) is 19.1. The zero-order valence-corrected chi connectivity index (χ0v) is 15.1. The van der Waals surface area contributed by atoms with Gasteiger partial charge in [0.25, 0.3) is 5.56 Å². The van der Waals surface area contributed by atoms with E-state index in [1.165, 1.54) is 45.3 Å². The van der Waals surface area contributed by atoms with Crippen LogP contribution in [0.3, 0.4) is 0 Å². The lowest BCUT2D eigenvalue weighted by Gasteiger charge is -2.20. The fraction of sp³-hybridized carbons (Fsp3) is 0.643. The van der Waals surface area contributed by atoms with Crippen LogP contribution in [0.1, 0.15) is 26.5 Å². The molecule has 0 aliphatic carbocycles. The number of aliphatic hydroxyl groups is 1. The highest BCUT2D eigenvalue weighted by Crippen LogP contribution is 2.42. The Hall–Kier alpha value is -1.23. The zero-order chi connectivity index (χ0) is 17.7. The molecule has 1 aromatic rings. The highest BCUT2D eigenvalue weighted by Gasteiger charge is 2.44. The third kappa shape index (κ3) is 4.65. The lowest BCUT2D eigenvalue weighted by molar-refractivity contribution is -0.118. The first-order valence-electron chi connectivity index (χ1n) is 7.61. The maximum Gasteiger partial charge on any atom is 0.330 e. The van der Waals surface area contributed by atoms with E-state index in [1.54, 1.807) is 0 Å². The van der Waals surface area contributed by atoms with Crippen molar-refractivity contribution >= 4 is 27.5 Å². The standard InChI is InChI=1S/C14H21N3O5S2/c1-3-9-11(20)12(24-23-7-5-15-8(2)18)13(22-9)17-6-4-10(19)16-14(17)21/h4,6,9,11-13,20H,3,5,7H2,1-2H3,(H,15,18)(H,16,19,21). The van der Waals surface area contributed by atoms with Gasteiger partial charge in [0.1, 0.15) is 0 Å². The summed E-state index contributed by atoms with van der Waals surface area (Å²) in [5, 5.41) is 12.8. The van der Waals surface area contributed by atoms with Crippen LogP contribution in [-0.4, -0.2) is 50.3 Å². The summed E-state index contributed by atoms with van der Waals surface area (Å²) >= 11 is 0. The summed E-state index contributed by atoms with van der Waals surface area (Å²) < 4.78 is 7.12. The molecule has 24 heavy (non-hydrogen) atoms. The number of rotatable bonds is 7. The second-order valence-corrected chi connectivity index (χ2v) is 8.01. The van der Waals surface area contributed by atoms with Crippen LogP contribution in [0.25, 0.3) is 0 Å². The molecular formula is C14H21N3O5S2. The number of carbonyl (C=O) groups excluding carboxylic acids is 1. The molecule has 4 atom stereocenters. The van der Waals surface area contributed by atoms with Gasteiger partial charge in [-0.15, -0.1) is 0 Å². The molecule has 1 saturated heterocycles. The molecule has 1 amide bonds. The number of carbonyl (C=O) groups is 1. The van der Waals surface area contributed by atoms with Crippen molar-refractivity contribution < 1.29 is 14.6 Å². The predicted octanol–water partition coefficient (Wildman–Crippen LogP) is 0.0910. The third-order valence-electron chi connectivity index (χ3n) is 3.58. The maximum atomic E-state index is 12.0. The maximum absolute atomic E-state index is 12.0. The fourth-order valence-corrected chi connectivity index (χ4v) is 5.06. The first-order chi connectivity index (χ1) is 11.4. The molecule has 0 aromatic carbocycles. The summed E-state index contributed by atoms with van der Waals surface area (Å²) in [7, 11) is 2.91. The molecule has 8 nitrogen and oxygen atoms in total. The van der Waals surface area contributed by atoms with Gasteiger partial charge in [-0.25, -0.2) is 4.79 Å². The average molecular weight is 375 g/mol. The molecule has 2 rings (SSSR count). The zero-order valence-electron chi connectivity index (χ0n) is 13.4. The number of nitrogens with one attached hydrogen (secondary N) is 2. The average Bonchev–Trinajstić information content (AvgIpc) is 2.83. The molecule has 3 N–H and O–H groups in total. The van der Waals surface area contributed by atoms with Crippen LogP contribution >= 0.6 is 21.6 Å². The predicted molar refractivity (Wildman–Crippen MR) is 94.1 cm³/mol. The number of aliphatic hydroxyl groups excluding tert-OH is 1. The van der Waals surface area contributed by atoms with Crippen molar-refractivity contribution in [2.75, 3.05) is 12.3 Å². The number of hydrogen-bond acceptors (Lipinski definition) is 7. The smallest absolute Gasteiger partial charge is 0.330 e. The third-order valence-corrected chi connectivity index (χ3v) is 6.39. The van der Waals surface area contributed by atoms with E-state index in [4.69, 9.17) is 4.74 Å². The summed E-state index contributed by atoms with van der Waals surface area (Å²) in [5.41, 5.74) is -1.04. The molecule has 1 fully saturated rings. The van der Waals surface area contributed by atoms with Crippen LogP contribution in [0.4, 0.5) is 0 Å². The van der Waals surface area contributed by atoms with Gasteiger partial charge in [0.15, 0.2) is 6.23 Å². The van der Waals surface area contributed by atoms with Crippen LogP contribution < -0.4 is 16.6 Å². The quantitative estimate of drug-likeness (QED) is 0.457. The lowest BCUT2D eigenvalue weighted by Crippen LogP contribution is -2.36. The van der Waals surface area contributed by atoms with Crippen LogP contribution in [0.15, 0.2) is 21.9 Å². The van der Waals surface area contributed by atoms with Crippen LogP contribution in [-0.2, 0) is 9.53 Å². The Bertz CT molecular complexity index is 677. The molecule has 1 aliphatic rings. The van der Waals surface area contributed by atoms with E-state index < -0.39 is 23.6 Å².